The van der Waals surface area contributed by atoms with E-state index in [-0.39, 0.29) is 11.7 Å². The van der Waals surface area contributed by atoms with Crippen molar-refractivity contribution >= 4 is 23.6 Å². The van der Waals surface area contributed by atoms with E-state index < -0.39 is 17.4 Å². The predicted molar refractivity (Wildman–Crippen MR) is 80.9 cm³/mol. The van der Waals surface area contributed by atoms with Crippen LogP contribution in [0.15, 0.2) is 29.2 Å². The summed E-state index contributed by atoms with van der Waals surface area (Å²) in [5.74, 6) is -1.06. The van der Waals surface area contributed by atoms with E-state index in [4.69, 9.17) is 5.11 Å². The Hall–Kier alpha value is -1.49. The minimum absolute atomic E-state index is 0.211. The van der Waals surface area contributed by atoms with E-state index in [2.05, 4.69) is 5.32 Å². The van der Waals surface area contributed by atoms with Gasteiger partial charge in [-0.15, -0.1) is 11.8 Å². The number of hydrogen-bond donors (Lipinski definition) is 2. The molecule has 0 unspecified atom stereocenters. The molecule has 1 rings (SSSR count). The van der Waals surface area contributed by atoms with Gasteiger partial charge in [0.2, 0.25) is 5.91 Å². The molecule has 0 saturated heterocycles. The molecule has 0 fully saturated rings. The highest BCUT2D eigenvalue weighted by Gasteiger charge is 2.32. The Morgan fingerprint density at radius 1 is 1.25 bits per heavy atom. The molecule has 0 aliphatic heterocycles. The zero-order chi connectivity index (χ0) is 15.3. The van der Waals surface area contributed by atoms with Gasteiger partial charge in [0, 0.05) is 4.90 Å². The maximum atomic E-state index is 11.8. The van der Waals surface area contributed by atoms with Crippen molar-refractivity contribution in [2.75, 3.05) is 5.75 Å². The van der Waals surface area contributed by atoms with Gasteiger partial charge in [0.15, 0.2) is 0 Å². The van der Waals surface area contributed by atoms with Crippen LogP contribution in [0, 0.1) is 12.3 Å². The van der Waals surface area contributed by atoms with Gasteiger partial charge in [-0.05, 0) is 24.5 Å². The minimum Gasteiger partial charge on any atom is -0.480 e. The number of carbonyl (C=O) groups excluding carboxylic acids is 1. The van der Waals surface area contributed by atoms with Gasteiger partial charge in [0.25, 0.3) is 0 Å². The summed E-state index contributed by atoms with van der Waals surface area (Å²) in [4.78, 5) is 24.0. The van der Waals surface area contributed by atoms with Crippen LogP contribution >= 0.6 is 11.8 Å². The van der Waals surface area contributed by atoms with E-state index in [0.29, 0.717) is 0 Å². The average molecular weight is 295 g/mol. The number of aryl methyl sites for hydroxylation is 1. The molecule has 0 aromatic heterocycles. The molecule has 0 heterocycles. The first-order chi connectivity index (χ1) is 9.20. The number of thioether (sulfide) groups is 1. The van der Waals surface area contributed by atoms with E-state index in [9.17, 15) is 9.59 Å². The molecule has 1 aromatic carbocycles. The summed E-state index contributed by atoms with van der Waals surface area (Å²) >= 11 is 1.40. The Morgan fingerprint density at radius 3 is 2.25 bits per heavy atom. The smallest absolute Gasteiger partial charge is 0.326 e. The number of carbonyl (C=O) groups is 2. The highest BCUT2D eigenvalue weighted by molar-refractivity contribution is 8.00. The van der Waals surface area contributed by atoms with Crippen molar-refractivity contribution in [1.82, 2.24) is 5.32 Å². The Bertz CT molecular complexity index is 477. The van der Waals surface area contributed by atoms with Crippen LogP contribution in [0.25, 0.3) is 0 Å². The Kier molecular flexibility index (Phi) is 5.62. The van der Waals surface area contributed by atoms with Crippen LogP contribution in [0.1, 0.15) is 26.3 Å². The molecular weight excluding hydrogens is 274 g/mol. The van der Waals surface area contributed by atoms with Crippen molar-refractivity contribution in [1.29, 1.82) is 0 Å². The molecule has 0 radical (unpaired) electrons. The molecule has 110 valence electrons. The number of nitrogens with one attached hydrogen (secondary N) is 1. The van der Waals surface area contributed by atoms with Crippen molar-refractivity contribution in [2.45, 2.75) is 38.6 Å². The molecule has 4 nitrogen and oxygen atoms in total. The Labute approximate surface area is 124 Å². The molecule has 0 saturated carbocycles. The van der Waals surface area contributed by atoms with Crippen molar-refractivity contribution in [2.24, 2.45) is 5.41 Å². The number of carboxylic acid groups (broad SMARTS) is 1. The van der Waals surface area contributed by atoms with Crippen LogP contribution in [-0.4, -0.2) is 28.8 Å². The molecule has 1 aromatic rings. The second-order valence-electron chi connectivity index (χ2n) is 5.81. The molecule has 1 atom stereocenters. The average Bonchev–Trinajstić information content (AvgIpc) is 2.33. The van der Waals surface area contributed by atoms with Crippen LogP contribution in [0.4, 0.5) is 0 Å². The van der Waals surface area contributed by atoms with Crippen LogP contribution in [-0.2, 0) is 9.59 Å². The first-order valence-electron chi connectivity index (χ1n) is 6.42. The van der Waals surface area contributed by atoms with Crippen molar-refractivity contribution in [3.8, 4) is 0 Å². The molecule has 0 bridgehead atoms. The summed E-state index contributed by atoms with van der Waals surface area (Å²) in [5.41, 5.74) is 0.646. The van der Waals surface area contributed by atoms with Gasteiger partial charge in [-0.3, -0.25) is 4.79 Å². The maximum absolute atomic E-state index is 11.8. The first-order valence-corrected chi connectivity index (χ1v) is 7.40. The van der Waals surface area contributed by atoms with Gasteiger partial charge in [0.1, 0.15) is 6.04 Å². The lowest BCUT2D eigenvalue weighted by Gasteiger charge is -2.27. The number of amides is 1. The molecule has 2 N–H and O–H groups in total. The number of rotatable bonds is 5. The number of aliphatic carboxylic acids is 1. The van der Waals surface area contributed by atoms with Gasteiger partial charge in [-0.25, -0.2) is 4.79 Å². The molecule has 0 aliphatic rings. The second kappa shape index (κ2) is 6.79. The van der Waals surface area contributed by atoms with Crippen molar-refractivity contribution < 1.29 is 14.7 Å². The van der Waals surface area contributed by atoms with Gasteiger partial charge < -0.3 is 10.4 Å². The van der Waals surface area contributed by atoms with E-state index >= 15 is 0 Å². The largest absolute Gasteiger partial charge is 0.480 e. The lowest BCUT2D eigenvalue weighted by molar-refractivity contribution is -0.144. The van der Waals surface area contributed by atoms with Gasteiger partial charge >= 0.3 is 5.97 Å². The van der Waals surface area contributed by atoms with Crippen LogP contribution in [0.3, 0.4) is 0 Å². The van der Waals surface area contributed by atoms with Crippen LogP contribution < -0.4 is 5.32 Å². The van der Waals surface area contributed by atoms with E-state index in [1.807, 2.05) is 31.2 Å². The first kappa shape index (κ1) is 16.6. The van der Waals surface area contributed by atoms with E-state index in [0.717, 1.165) is 10.5 Å². The topological polar surface area (TPSA) is 66.4 Å². The normalized spacial score (nSPS) is 12.8. The summed E-state index contributed by atoms with van der Waals surface area (Å²) in [7, 11) is 0. The number of benzene rings is 1. The lowest BCUT2D eigenvalue weighted by atomic mass is 9.87. The quantitative estimate of drug-likeness (QED) is 0.820. The number of carboxylic acids is 1. The molecule has 5 heteroatoms. The molecule has 0 aliphatic carbocycles. The number of hydrogen-bond acceptors (Lipinski definition) is 3. The third kappa shape index (κ3) is 5.25. The van der Waals surface area contributed by atoms with Crippen LogP contribution in [0.5, 0.6) is 0 Å². The Morgan fingerprint density at radius 2 is 1.80 bits per heavy atom. The predicted octanol–water partition coefficient (Wildman–Crippen LogP) is 2.70. The summed E-state index contributed by atoms with van der Waals surface area (Å²) in [5, 5.41) is 11.7. The monoisotopic (exact) mass is 295 g/mol. The summed E-state index contributed by atoms with van der Waals surface area (Å²) < 4.78 is 0. The standard InChI is InChI=1S/C15H21NO3S/c1-10-5-7-11(8-6-10)20-9-12(17)16-13(14(18)19)15(2,3)4/h5-8,13H,9H2,1-4H3,(H,16,17)(H,18,19)/t13-/m1/s1. The zero-order valence-corrected chi connectivity index (χ0v) is 13.1. The molecule has 0 spiro atoms. The molecule has 20 heavy (non-hydrogen) atoms. The highest BCUT2D eigenvalue weighted by Crippen LogP contribution is 2.21. The lowest BCUT2D eigenvalue weighted by Crippen LogP contribution is -2.49. The van der Waals surface area contributed by atoms with Crippen LogP contribution in [0.2, 0.25) is 0 Å². The van der Waals surface area contributed by atoms with Gasteiger partial charge in [0.05, 0.1) is 5.75 Å². The molecular formula is C15H21NO3S. The van der Waals surface area contributed by atoms with E-state index in [1.165, 1.54) is 11.8 Å². The van der Waals surface area contributed by atoms with Crippen molar-refractivity contribution in [3.05, 3.63) is 29.8 Å². The summed E-state index contributed by atoms with van der Waals surface area (Å²) in [6.07, 6.45) is 0. The fourth-order valence-corrected chi connectivity index (χ4v) is 2.34. The van der Waals surface area contributed by atoms with Gasteiger partial charge in [-0.2, -0.15) is 0 Å². The fourth-order valence-electron chi connectivity index (χ4n) is 1.63. The third-order valence-electron chi connectivity index (χ3n) is 2.81. The SMILES string of the molecule is Cc1ccc(SCC(=O)N[C@H](C(=O)O)C(C)(C)C)cc1. The molecule has 1 amide bonds. The van der Waals surface area contributed by atoms with E-state index in [1.54, 1.807) is 20.8 Å². The van der Waals surface area contributed by atoms with Gasteiger partial charge in [-0.1, -0.05) is 38.5 Å². The Balaban J connectivity index is 2.54. The second-order valence-corrected chi connectivity index (χ2v) is 6.86. The highest BCUT2D eigenvalue weighted by atomic mass is 32.2. The third-order valence-corrected chi connectivity index (χ3v) is 3.82. The summed E-state index contributed by atoms with van der Waals surface area (Å²) in [6.45, 7) is 7.37. The fraction of sp³-hybridized carbons (Fsp3) is 0.467. The minimum atomic E-state index is -1.01. The van der Waals surface area contributed by atoms with Crippen molar-refractivity contribution in [3.63, 3.8) is 0 Å². The maximum Gasteiger partial charge on any atom is 0.326 e. The zero-order valence-electron chi connectivity index (χ0n) is 12.3. The summed E-state index contributed by atoms with van der Waals surface area (Å²) in [6, 6.07) is 6.98.